The van der Waals surface area contributed by atoms with E-state index in [-0.39, 0.29) is 0 Å². The molecule has 0 aliphatic rings. The van der Waals surface area contributed by atoms with Crippen molar-refractivity contribution in [1.29, 1.82) is 0 Å². The van der Waals surface area contributed by atoms with Gasteiger partial charge in [0.05, 0.1) is 0 Å². The van der Waals surface area contributed by atoms with Gasteiger partial charge in [0.1, 0.15) is 0 Å². The van der Waals surface area contributed by atoms with Crippen molar-refractivity contribution in [2.45, 2.75) is 23.9 Å². The van der Waals surface area contributed by atoms with Gasteiger partial charge in [-0.25, -0.2) is 0 Å². The van der Waals surface area contributed by atoms with Gasteiger partial charge in [-0.15, -0.1) is 0 Å². The Morgan fingerprint density at radius 1 is 1.10 bits per heavy atom. The molecule has 5 heteroatoms. The zero-order valence-corrected chi connectivity index (χ0v) is 15.4. The molecule has 0 bridgehead atoms. The van der Waals surface area contributed by atoms with Crippen molar-refractivity contribution in [2.24, 2.45) is 0 Å². The maximum atomic E-state index is 5.64. The molecule has 0 fully saturated rings. The van der Waals surface area contributed by atoms with Gasteiger partial charge in [0.25, 0.3) is 0 Å². The van der Waals surface area contributed by atoms with Crippen LogP contribution in [-0.2, 0) is 9.47 Å². The van der Waals surface area contributed by atoms with E-state index in [0.29, 0.717) is 30.6 Å². The van der Waals surface area contributed by atoms with Crippen LogP contribution in [0.1, 0.15) is 29.5 Å². The van der Waals surface area contributed by atoms with Gasteiger partial charge in [0, 0.05) is 7.11 Å². The zero-order chi connectivity index (χ0) is 15.3. The maximum absolute atomic E-state index is 5.64. The predicted octanol–water partition coefficient (Wildman–Crippen LogP) is 3.43. The fourth-order valence-electron chi connectivity index (χ4n) is 1.61. The fourth-order valence-corrected chi connectivity index (χ4v) is 3.57. The molecule has 1 radical (unpaired) electrons. The van der Waals surface area contributed by atoms with Crippen LogP contribution in [0.4, 0.5) is 0 Å². The van der Waals surface area contributed by atoms with E-state index in [4.69, 9.17) is 14.2 Å². The number of ether oxygens (including phenoxy) is 3. The summed E-state index contributed by atoms with van der Waals surface area (Å²) in [4.78, 5) is 0. The number of thioether (sulfide) groups is 1. The minimum atomic E-state index is 0.419. The molecule has 0 amide bonds. The average Bonchev–Trinajstić information content (AvgIpc) is 2.51. The van der Waals surface area contributed by atoms with Gasteiger partial charge >= 0.3 is 134 Å². The van der Waals surface area contributed by atoms with E-state index in [1.54, 1.807) is 7.11 Å². The summed E-state index contributed by atoms with van der Waals surface area (Å²) in [5.74, 6) is 2.09. The van der Waals surface area contributed by atoms with Crippen LogP contribution in [0.25, 0.3) is 0 Å². The molecule has 0 spiro atoms. The van der Waals surface area contributed by atoms with Crippen molar-refractivity contribution in [1.82, 2.24) is 0 Å². The van der Waals surface area contributed by atoms with Crippen molar-refractivity contribution in [2.75, 3.05) is 39.3 Å². The SMILES string of the molecule is CCCCSC([Se])c1ccc(OCCOCCOC)cc1. The molecule has 0 aliphatic carbocycles. The standard InChI is InChI=1S/C16H25O3SSe/c1-3-4-13-20-16(21)14-5-7-15(8-6-14)19-12-11-18-10-9-17-2/h5-8,16H,3-4,9-13H2,1-2H3. The number of unbranched alkanes of at least 4 members (excludes halogenated alkanes) is 1. The molecule has 3 nitrogen and oxygen atoms in total. The third-order valence-electron chi connectivity index (χ3n) is 2.85. The van der Waals surface area contributed by atoms with Gasteiger partial charge in [-0.05, 0) is 0 Å². The Morgan fingerprint density at radius 2 is 1.81 bits per heavy atom. The van der Waals surface area contributed by atoms with Gasteiger partial charge < -0.3 is 0 Å². The Labute approximate surface area is 140 Å². The molecule has 1 rings (SSSR count). The van der Waals surface area contributed by atoms with Crippen LogP contribution in [0.15, 0.2) is 24.3 Å². The zero-order valence-electron chi connectivity index (χ0n) is 12.9. The second-order valence-electron chi connectivity index (χ2n) is 4.58. The van der Waals surface area contributed by atoms with E-state index in [0.717, 1.165) is 5.75 Å². The summed E-state index contributed by atoms with van der Waals surface area (Å²) in [6, 6.07) is 8.30. The summed E-state index contributed by atoms with van der Waals surface area (Å²) in [5, 5.41) is 0. The fraction of sp³-hybridized carbons (Fsp3) is 0.625. The molecular weight excluding hydrogens is 351 g/mol. The third-order valence-corrected chi connectivity index (χ3v) is 5.37. The Morgan fingerprint density at radius 3 is 2.48 bits per heavy atom. The molecule has 0 heterocycles. The number of methoxy groups -OCH3 is 1. The Balaban J connectivity index is 2.23. The number of hydrogen-bond donors (Lipinski definition) is 0. The van der Waals surface area contributed by atoms with Crippen molar-refractivity contribution < 1.29 is 14.2 Å². The van der Waals surface area contributed by atoms with Crippen molar-refractivity contribution >= 4 is 27.8 Å². The predicted molar refractivity (Wildman–Crippen MR) is 90.5 cm³/mol. The van der Waals surface area contributed by atoms with Crippen LogP contribution >= 0.6 is 11.8 Å². The van der Waals surface area contributed by atoms with Crippen molar-refractivity contribution in [3.05, 3.63) is 29.8 Å². The normalized spacial score (nSPS) is 12.3. The van der Waals surface area contributed by atoms with E-state index < -0.39 is 0 Å². The first kappa shape index (κ1) is 18.9. The van der Waals surface area contributed by atoms with Crippen LogP contribution < -0.4 is 4.74 Å². The van der Waals surface area contributed by atoms with E-state index in [9.17, 15) is 0 Å². The summed E-state index contributed by atoms with van der Waals surface area (Å²) in [6.07, 6.45) is 2.52. The summed E-state index contributed by atoms with van der Waals surface area (Å²) >= 11 is 5.19. The van der Waals surface area contributed by atoms with Crippen LogP contribution in [0.3, 0.4) is 0 Å². The molecule has 119 valence electrons. The van der Waals surface area contributed by atoms with Gasteiger partial charge in [-0.3, -0.25) is 0 Å². The molecule has 0 saturated carbocycles. The van der Waals surface area contributed by atoms with Gasteiger partial charge in [0.15, 0.2) is 0 Å². The topological polar surface area (TPSA) is 27.7 Å². The first-order valence-electron chi connectivity index (χ1n) is 7.34. The van der Waals surface area contributed by atoms with Crippen LogP contribution in [-0.4, -0.2) is 55.3 Å². The molecule has 0 N–H and O–H groups in total. The Kier molecular flexibility index (Phi) is 11.1. The van der Waals surface area contributed by atoms with Crippen LogP contribution in [0, 0.1) is 0 Å². The second kappa shape index (κ2) is 12.4. The summed E-state index contributed by atoms with van der Waals surface area (Å²) in [7, 11) is 1.67. The monoisotopic (exact) mass is 377 g/mol. The summed E-state index contributed by atoms with van der Waals surface area (Å²) < 4.78 is 16.3. The molecule has 1 aromatic rings. The first-order chi connectivity index (χ1) is 10.3. The minimum absolute atomic E-state index is 0.419. The van der Waals surface area contributed by atoms with Crippen molar-refractivity contribution in [3.63, 3.8) is 0 Å². The summed E-state index contributed by atoms with van der Waals surface area (Å²) in [5.41, 5.74) is 1.31. The molecule has 21 heavy (non-hydrogen) atoms. The Hall–Kier alpha value is -0.191. The Bertz CT molecular complexity index is 359. The molecule has 1 atom stereocenters. The molecule has 0 aliphatic heterocycles. The second-order valence-corrected chi connectivity index (χ2v) is 7.45. The van der Waals surface area contributed by atoms with Gasteiger partial charge in [-0.1, -0.05) is 0 Å². The van der Waals surface area contributed by atoms with Gasteiger partial charge in [-0.2, -0.15) is 0 Å². The van der Waals surface area contributed by atoms with E-state index in [1.807, 2.05) is 23.9 Å². The van der Waals surface area contributed by atoms with Crippen LogP contribution in [0.5, 0.6) is 5.75 Å². The van der Waals surface area contributed by atoms with E-state index >= 15 is 0 Å². The third kappa shape index (κ3) is 8.74. The van der Waals surface area contributed by atoms with Crippen LogP contribution in [0.2, 0.25) is 0 Å². The average molecular weight is 376 g/mol. The molecule has 0 aromatic heterocycles. The molecular formula is C16H25O3SSe. The van der Waals surface area contributed by atoms with E-state index in [2.05, 4.69) is 35.1 Å². The number of hydrogen-bond acceptors (Lipinski definition) is 4. The first-order valence-corrected chi connectivity index (χ1v) is 9.38. The summed E-state index contributed by atoms with van der Waals surface area (Å²) in [6.45, 7) is 4.61. The molecule has 1 unspecified atom stereocenters. The van der Waals surface area contributed by atoms with Gasteiger partial charge in [0.2, 0.25) is 0 Å². The molecule has 0 saturated heterocycles. The van der Waals surface area contributed by atoms with Crippen molar-refractivity contribution in [3.8, 4) is 5.75 Å². The quantitative estimate of drug-likeness (QED) is 0.413. The molecule has 1 aromatic carbocycles. The van der Waals surface area contributed by atoms with E-state index in [1.165, 1.54) is 24.2 Å². The number of rotatable bonds is 12. The number of benzene rings is 1.